The van der Waals surface area contributed by atoms with Gasteiger partial charge in [-0.05, 0) is 47.0 Å². The number of pyridine rings is 1. The Hall–Kier alpha value is -2.85. The minimum absolute atomic E-state index is 0.133. The molecule has 3 rings (SSSR count). The Bertz CT molecular complexity index is 1660. The van der Waals surface area contributed by atoms with Crippen molar-refractivity contribution in [2.45, 2.75) is 19.3 Å². The molecule has 2 heterocycles. The van der Waals surface area contributed by atoms with Crippen LogP contribution in [-0.4, -0.2) is 180 Å². The van der Waals surface area contributed by atoms with Crippen molar-refractivity contribution in [1.29, 1.82) is 0 Å². The number of fused-ring (bicyclic) bond motifs is 1. The molecule has 0 atom stereocenters. The van der Waals surface area contributed by atoms with E-state index in [1.54, 1.807) is 6.20 Å². The molecule has 0 fully saturated rings. The van der Waals surface area contributed by atoms with Gasteiger partial charge in [-0.25, -0.2) is 9.97 Å². The van der Waals surface area contributed by atoms with Crippen LogP contribution < -0.4 is 16.2 Å². The zero-order valence-corrected chi connectivity index (χ0v) is 39.4. The van der Waals surface area contributed by atoms with Crippen molar-refractivity contribution in [3.63, 3.8) is 0 Å². The normalized spacial score (nSPS) is 11.4. The lowest BCUT2D eigenvalue weighted by atomic mass is 10.1. The van der Waals surface area contributed by atoms with E-state index in [0.717, 1.165) is 40.4 Å². The molecule has 0 aliphatic carbocycles. The number of nitrogens with two attached hydrogens (primary N) is 2. The number of hydrogen-bond acceptors (Lipinski definition) is 18. The molecule has 0 saturated heterocycles. The molecule has 0 aliphatic rings. The number of nitrogens with zero attached hydrogens (tertiary/aromatic N) is 3. The first-order valence-electron chi connectivity index (χ1n) is 21.2. The number of ether oxygens (including phenoxy) is 13. The van der Waals surface area contributed by atoms with Gasteiger partial charge in [-0.2, -0.15) is 4.98 Å². The number of benzene rings is 1. The van der Waals surface area contributed by atoms with E-state index in [4.69, 9.17) is 79.5 Å². The van der Waals surface area contributed by atoms with Crippen LogP contribution in [0.5, 0.6) is 5.75 Å². The molecule has 18 nitrogen and oxygen atoms in total. The van der Waals surface area contributed by atoms with Crippen LogP contribution >= 0.6 is 31.9 Å². The summed E-state index contributed by atoms with van der Waals surface area (Å²) < 4.78 is 73.8. The Morgan fingerprint density at radius 2 is 0.905 bits per heavy atom. The standard InChI is InChI=1S/C43H65Br2N5O13/c1-2-3-4-5-8-51-9-10-52-11-12-53-13-14-54-15-16-55-17-18-56-19-20-57-21-22-58-23-24-59-25-26-60-27-28-61-29-30-62-31-32-63-38-7-6-37(44)39(40(38)45)36-33-35-34-48-43(47)50-42(35)49-41(36)46/h1,6-7,33-34H,3-5,8-32H2,(H4,46,47,48,49,50). The molecule has 1 aromatic carbocycles. The van der Waals surface area contributed by atoms with E-state index >= 15 is 0 Å². The molecule has 0 radical (unpaired) electrons. The van der Waals surface area contributed by atoms with Crippen LogP contribution in [0.2, 0.25) is 0 Å². The number of nitrogen functional groups attached to an aromatic ring is 2. The predicted molar refractivity (Wildman–Crippen MR) is 245 cm³/mol. The maximum atomic E-state index is 6.29. The van der Waals surface area contributed by atoms with Gasteiger partial charge >= 0.3 is 0 Å². The molecule has 0 amide bonds. The Kier molecular flexibility index (Phi) is 32.3. The van der Waals surface area contributed by atoms with Gasteiger partial charge in [0.25, 0.3) is 0 Å². The zero-order chi connectivity index (χ0) is 44.8. The van der Waals surface area contributed by atoms with Gasteiger partial charge in [-0.3, -0.25) is 0 Å². The molecule has 2 aromatic heterocycles. The number of anilines is 2. The molecule has 63 heavy (non-hydrogen) atoms. The van der Waals surface area contributed by atoms with Crippen LogP contribution in [0.15, 0.2) is 33.3 Å². The van der Waals surface area contributed by atoms with Crippen molar-refractivity contribution in [2.24, 2.45) is 0 Å². The van der Waals surface area contributed by atoms with Crippen molar-refractivity contribution in [3.05, 3.63) is 33.3 Å². The lowest BCUT2D eigenvalue weighted by Crippen LogP contribution is -2.15. The van der Waals surface area contributed by atoms with Gasteiger partial charge in [0.15, 0.2) is 5.65 Å². The molecule has 0 aliphatic heterocycles. The fourth-order valence-corrected chi connectivity index (χ4v) is 6.73. The highest BCUT2D eigenvalue weighted by atomic mass is 79.9. The van der Waals surface area contributed by atoms with E-state index in [-0.39, 0.29) is 5.95 Å². The summed E-state index contributed by atoms with van der Waals surface area (Å²) in [6.45, 7) is 12.3. The summed E-state index contributed by atoms with van der Waals surface area (Å²) >= 11 is 7.28. The lowest BCUT2D eigenvalue weighted by molar-refractivity contribution is -0.0285. The van der Waals surface area contributed by atoms with Crippen LogP contribution in [0.25, 0.3) is 22.2 Å². The number of unbranched alkanes of at least 4 members (excludes halogenated alkanes) is 2. The summed E-state index contributed by atoms with van der Waals surface area (Å²) in [5.74, 6) is 3.69. The van der Waals surface area contributed by atoms with Crippen molar-refractivity contribution in [1.82, 2.24) is 15.0 Å². The second-order valence-corrected chi connectivity index (χ2v) is 14.8. The molecule has 354 valence electrons. The topological polar surface area (TPSA) is 211 Å². The fraction of sp³-hybridized carbons (Fsp3) is 0.651. The van der Waals surface area contributed by atoms with Crippen molar-refractivity contribution in [2.75, 3.05) is 177 Å². The molecular formula is C43H65Br2N5O13. The largest absolute Gasteiger partial charge is 0.490 e. The number of hydrogen-bond donors (Lipinski definition) is 2. The van der Waals surface area contributed by atoms with Crippen LogP contribution in [0.3, 0.4) is 0 Å². The summed E-state index contributed by atoms with van der Waals surface area (Å²) in [5, 5.41) is 0.710. The monoisotopic (exact) mass is 1020 g/mol. The summed E-state index contributed by atoms with van der Waals surface area (Å²) in [5.41, 5.74) is 13.9. The third-order valence-electron chi connectivity index (χ3n) is 8.38. The first-order valence-corrected chi connectivity index (χ1v) is 22.8. The van der Waals surface area contributed by atoms with E-state index < -0.39 is 0 Å². The molecule has 0 spiro atoms. The third kappa shape index (κ3) is 26.0. The smallest absolute Gasteiger partial charge is 0.222 e. The third-order valence-corrected chi connectivity index (χ3v) is 9.83. The number of halogens is 2. The Morgan fingerprint density at radius 3 is 1.32 bits per heavy atom. The molecule has 3 aromatic rings. The minimum Gasteiger partial charge on any atom is -0.490 e. The lowest BCUT2D eigenvalue weighted by Gasteiger charge is -2.15. The fourth-order valence-electron chi connectivity index (χ4n) is 5.25. The van der Waals surface area contributed by atoms with Crippen LogP contribution in [-0.2, 0) is 56.8 Å². The maximum absolute atomic E-state index is 6.29. The van der Waals surface area contributed by atoms with Crippen molar-refractivity contribution < 1.29 is 61.6 Å². The molecule has 0 saturated carbocycles. The first kappa shape index (κ1) is 54.5. The molecule has 0 bridgehead atoms. The number of terminal acetylenes is 1. The Morgan fingerprint density at radius 1 is 0.508 bits per heavy atom. The highest BCUT2D eigenvalue weighted by molar-refractivity contribution is 9.11. The van der Waals surface area contributed by atoms with Crippen LogP contribution in [0.1, 0.15) is 19.3 Å². The molecule has 0 unspecified atom stereocenters. The average molecular weight is 1020 g/mol. The van der Waals surface area contributed by atoms with Gasteiger partial charge in [-0.15, -0.1) is 12.3 Å². The summed E-state index contributed by atoms with van der Waals surface area (Å²) in [6, 6.07) is 5.61. The minimum atomic E-state index is 0.133. The van der Waals surface area contributed by atoms with Gasteiger partial charge in [0.2, 0.25) is 5.95 Å². The Balaban J connectivity index is 0.983. The van der Waals surface area contributed by atoms with Gasteiger partial charge in [-0.1, -0.05) is 15.9 Å². The van der Waals surface area contributed by atoms with E-state index in [2.05, 4.69) is 52.7 Å². The van der Waals surface area contributed by atoms with Gasteiger partial charge in [0.1, 0.15) is 18.2 Å². The number of rotatable bonds is 42. The molecule has 20 heteroatoms. The highest BCUT2D eigenvalue weighted by Gasteiger charge is 2.18. The van der Waals surface area contributed by atoms with Gasteiger partial charge in [0.05, 0.1) is 156 Å². The predicted octanol–water partition coefficient (Wildman–Crippen LogP) is 4.76. The quantitative estimate of drug-likeness (QED) is 0.0579. The number of aromatic nitrogens is 3. The van der Waals surface area contributed by atoms with Gasteiger partial charge in [0, 0.05) is 40.2 Å². The first-order chi connectivity index (χ1) is 31.0. The van der Waals surface area contributed by atoms with Crippen molar-refractivity contribution >= 4 is 54.7 Å². The van der Waals surface area contributed by atoms with Crippen LogP contribution in [0, 0.1) is 12.3 Å². The van der Waals surface area contributed by atoms with E-state index in [0.29, 0.717) is 187 Å². The van der Waals surface area contributed by atoms with Gasteiger partial charge < -0.3 is 73.0 Å². The van der Waals surface area contributed by atoms with E-state index in [9.17, 15) is 0 Å². The second-order valence-electron chi connectivity index (χ2n) is 13.2. The Labute approximate surface area is 388 Å². The van der Waals surface area contributed by atoms with E-state index in [1.807, 2.05) is 18.2 Å². The zero-order valence-electron chi connectivity index (χ0n) is 36.2. The average Bonchev–Trinajstić information content (AvgIpc) is 3.27. The van der Waals surface area contributed by atoms with Crippen molar-refractivity contribution in [3.8, 4) is 29.2 Å². The highest BCUT2D eigenvalue weighted by Crippen LogP contribution is 2.43. The molecular weight excluding hydrogens is 954 g/mol. The SMILES string of the molecule is C#CCCCCOCCOCCOCCOCCOCCOCCOCCOCCOCCOCCOCCOCCOc1ccc(Br)c(-c2cc3cnc(N)nc3nc2N)c1Br. The second kappa shape index (κ2) is 37.4. The molecule has 4 N–H and O–H groups in total. The van der Waals surface area contributed by atoms with Crippen LogP contribution in [0.4, 0.5) is 11.8 Å². The maximum Gasteiger partial charge on any atom is 0.222 e. The summed E-state index contributed by atoms with van der Waals surface area (Å²) in [6.07, 6.45) is 9.61. The summed E-state index contributed by atoms with van der Waals surface area (Å²) in [7, 11) is 0. The summed E-state index contributed by atoms with van der Waals surface area (Å²) in [4.78, 5) is 12.6. The van der Waals surface area contributed by atoms with E-state index in [1.165, 1.54) is 0 Å².